The Bertz CT molecular complexity index is 272. The highest BCUT2D eigenvalue weighted by Gasteiger charge is 2.08. The smallest absolute Gasteiger partial charge is 0.227 e. The van der Waals surface area contributed by atoms with Gasteiger partial charge < -0.3 is 10.2 Å². The number of nitrogens with one attached hydrogen (secondary N) is 1. The second-order valence-corrected chi connectivity index (χ2v) is 4.21. The predicted molar refractivity (Wildman–Crippen MR) is 59.6 cm³/mol. The maximum absolute atomic E-state index is 11.6. The van der Waals surface area contributed by atoms with Crippen molar-refractivity contribution in [2.45, 2.75) is 6.42 Å². The van der Waals surface area contributed by atoms with Crippen LogP contribution in [-0.2, 0) is 11.2 Å². The normalized spacial score (nSPS) is 10.1. The highest BCUT2D eigenvalue weighted by molar-refractivity contribution is 7.10. The minimum Gasteiger partial charge on any atom is -0.344 e. The van der Waals surface area contributed by atoms with Crippen molar-refractivity contribution >= 4 is 17.2 Å². The second-order valence-electron chi connectivity index (χ2n) is 3.17. The summed E-state index contributed by atoms with van der Waals surface area (Å²) in [6, 6.07) is 3.97. The van der Waals surface area contributed by atoms with Crippen LogP contribution >= 0.6 is 11.3 Å². The Morgan fingerprint density at radius 2 is 2.43 bits per heavy atom. The maximum atomic E-state index is 11.6. The van der Waals surface area contributed by atoms with Crippen LogP contribution in [0.15, 0.2) is 17.5 Å². The van der Waals surface area contributed by atoms with Gasteiger partial charge in [0.05, 0.1) is 6.42 Å². The molecular weight excluding hydrogens is 196 g/mol. The largest absolute Gasteiger partial charge is 0.344 e. The van der Waals surface area contributed by atoms with E-state index in [1.165, 1.54) is 0 Å². The molecular formula is C10H16N2OS. The molecule has 0 saturated heterocycles. The molecule has 0 saturated carbocycles. The molecule has 78 valence electrons. The van der Waals surface area contributed by atoms with Gasteiger partial charge >= 0.3 is 0 Å². The maximum Gasteiger partial charge on any atom is 0.227 e. The highest BCUT2D eigenvalue weighted by Crippen LogP contribution is 2.09. The van der Waals surface area contributed by atoms with Crippen molar-refractivity contribution in [2.24, 2.45) is 0 Å². The zero-order valence-corrected chi connectivity index (χ0v) is 9.43. The molecule has 0 aliphatic heterocycles. The van der Waals surface area contributed by atoms with Gasteiger partial charge in [0.15, 0.2) is 0 Å². The lowest BCUT2D eigenvalue weighted by Gasteiger charge is -2.16. The second kappa shape index (κ2) is 5.78. The zero-order valence-electron chi connectivity index (χ0n) is 8.62. The molecule has 0 atom stereocenters. The summed E-state index contributed by atoms with van der Waals surface area (Å²) >= 11 is 1.63. The third-order valence-electron chi connectivity index (χ3n) is 2.03. The van der Waals surface area contributed by atoms with Gasteiger partial charge in [0, 0.05) is 25.0 Å². The lowest BCUT2D eigenvalue weighted by Crippen LogP contribution is -2.33. The van der Waals surface area contributed by atoms with Crippen LogP contribution in [-0.4, -0.2) is 38.0 Å². The quantitative estimate of drug-likeness (QED) is 0.788. The van der Waals surface area contributed by atoms with Crippen LogP contribution in [0.2, 0.25) is 0 Å². The Balaban J connectivity index is 2.34. The van der Waals surface area contributed by atoms with Gasteiger partial charge in [-0.2, -0.15) is 0 Å². The zero-order chi connectivity index (χ0) is 10.4. The lowest BCUT2D eigenvalue weighted by molar-refractivity contribution is -0.129. The number of nitrogens with zero attached hydrogens (tertiary/aromatic N) is 1. The van der Waals surface area contributed by atoms with E-state index in [4.69, 9.17) is 0 Å². The SMILES string of the molecule is CNCCN(C)C(=O)Cc1cccs1. The van der Waals surface area contributed by atoms with Gasteiger partial charge in [0.25, 0.3) is 0 Å². The first-order chi connectivity index (χ1) is 6.74. The number of likely N-dealkylation sites (N-methyl/N-ethyl adjacent to an activating group) is 2. The average molecular weight is 212 g/mol. The van der Waals surface area contributed by atoms with Gasteiger partial charge in [-0.25, -0.2) is 0 Å². The summed E-state index contributed by atoms with van der Waals surface area (Å²) in [6.07, 6.45) is 0.526. The molecule has 0 aromatic carbocycles. The molecule has 0 aliphatic carbocycles. The number of thiophene rings is 1. The van der Waals surface area contributed by atoms with E-state index < -0.39 is 0 Å². The van der Waals surface area contributed by atoms with E-state index >= 15 is 0 Å². The van der Waals surface area contributed by atoms with Crippen LogP contribution in [0.1, 0.15) is 4.88 Å². The molecule has 0 fully saturated rings. The average Bonchev–Trinajstić information content (AvgIpc) is 2.66. The fraction of sp³-hybridized carbons (Fsp3) is 0.500. The molecule has 0 radical (unpaired) electrons. The van der Waals surface area contributed by atoms with Gasteiger partial charge in [-0.1, -0.05) is 6.07 Å². The molecule has 1 rings (SSSR count). The van der Waals surface area contributed by atoms with Crippen molar-refractivity contribution in [3.05, 3.63) is 22.4 Å². The molecule has 1 aromatic heterocycles. The van der Waals surface area contributed by atoms with Crippen LogP contribution in [0.4, 0.5) is 0 Å². The summed E-state index contributed by atoms with van der Waals surface area (Å²) in [5, 5.41) is 5.02. The van der Waals surface area contributed by atoms with E-state index in [2.05, 4.69) is 5.32 Å². The van der Waals surface area contributed by atoms with E-state index in [0.29, 0.717) is 6.42 Å². The molecule has 0 aliphatic rings. The van der Waals surface area contributed by atoms with Crippen LogP contribution in [0.25, 0.3) is 0 Å². The van der Waals surface area contributed by atoms with Gasteiger partial charge in [0.1, 0.15) is 0 Å². The van der Waals surface area contributed by atoms with Crippen molar-refractivity contribution in [3.63, 3.8) is 0 Å². The van der Waals surface area contributed by atoms with E-state index in [1.807, 2.05) is 31.6 Å². The molecule has 4 heteroatoms. The number of carbonyl (C=O) groups is 1. The summed E-state index contributed by atoms with van der Waals surface area (Å²) in [6.45, 7) is 1.60. The number of carbonyl (C=O) groups excluding carboxylic acids is 1. The number of hydrogen-bond acceptors (Lipinski definition) is 3. The molecule has 3 nitrogen and oxygen atoms in total. The van der Waals surface area contributed by atoms with Crippen molar-refractivity contribution in [1.29, 1.82) is 0 Å². The molecule has 1 aromatic rings. The van der Waals surface area contributed by atoms with E-state index in [9.17, 15) is 4.79 Å². The van der Waals surface area contributed by atoms with Crippen molar-refractivity contribution in [2.75, 3.05) is 27.2 Å². The fourth-order valence-corrected chi connectivity index (χ4v) is 1.80. The Labute approximate surface area is 88.7 Å². The van der Waals surface area contributed by atoms with Crippen LogP contribution in [0, 0.1) is 0 Å². The number of rotatable bonds is 5. The lowest BCUT2D eigenvalue weighted by atomic mass is 10.3. The van der Waals surface area contributed by atoms with Crippen molar-refractivity contribution in [1.82, 2.24) is 10.2 Å². The van der Waals surface area contributed by atoms with Gasteiger partial charge in [-0.05, 0) is 18.5 Å². The third-order valence-corrected chi connectivity index (χ3v) is 2.90. The number of amides is 1. The summed E-state index contributed by atoms with van der Waals surface area (Å²) < 4.78 is 0. The van der Waals surface area contributed by atoms with Gasteiger partial charge in [0.2, 0.25) is 5.91 Å². The van der Waals surface area contributed by atoms with E-state index in [1.54, 1.807) is 16.2 Å². The first kappa shape index (κ1) is 11.2. The Hall–Kier alpha value is -0.870. The molecule has 14 heavy (non-hydrogen) atoms. The Kier molecular flexibility index (Phi) is 4.62. The molecule has 1 N–H and O–H groups in total. The van der Waals surface area contributed by atoms with E-state index in [-0.39, 0.29) is 5.91 Å². The minimum atomic E-state index is 0.183. The van der Waals surface area contributed by atoms with Crippen molar-refractivity contribution in [3.8, 4) is 0 Å². The highest BCUT2D eigenvalue weighted by atomic mass is 32.1. The van der Waals surface area contributed by atoms with Gasteiger partial charge in [-0.3, -0.25) is 4.79 Å². The minimum absolute atomic E-state index is 0.183. The summed E-state index contributed by atoms with van der Waals surface area (Å²) in [4.78, 5) is 14.5. The van der Waals surface area contributed by atoms with Gasteiger partial charge in [-0.15, -0.1) is 11.3 Å². The van der Waals surface area contributed by atoms with E-state index in [0.717, 1.165) is 18.0 Å². The first-order valence-corrected chi connectivity index (χ1v) is 5.53. The predicted octanol–water partition coefficient (Wildman–Crippen LogP) is 0.968. The molecule has 0 bridgehead atoms. The summed E-state index contributed by atoms with van der Waals surface area (Å²) in [7, 11) is 3.73. The molecule has 1 heterocycles. The first-order valence-electron chi connectivity index (χ1n) is 4.65. The summed E-state index contributed by atoms with van der Waals surface area (Å²) in [5.41, 5.74) is 0. The number of hydrogen-bond donors (Lipinski definition) is 1. The molecule has 1 amide bonds. The Morgan fingerprint density at radius 1 is 1.64 bits per heavy atom. The standard InChI is InChI=1S/C10H16N2OS/c1-11-5-6-12(2)10(13)8-9-4-3-7-14-9/h3-4,7,11H,5-6,8H2,1-2H3. The Morgan fingerprint density at radius 3 is 3.00 bits per heavy atom. The molecule has 0 unspecified atom stereocenters. The molecule has 0 spiro atoms. The monoisotopic (exact) mass is 212 g/mol. The topological polar surface area (TPSA) is 32.3 Å². The third kappa shape index (κ3) is 3.47. The fourth-order valence-electron chi connectivity index (χ4n) is 1.10. The van der Waals surface area contributed by atoms with Crippen LogP contribution in [0.5, 0.6) is 0 Å². The van der Waals surface area contributed by atoms with Crippen LogP contribution < -0.4 is 5.32 Å². The van der Waals surface area contributed by atoms with Crippen molar-refractivity contribution < 1.29 is 4.79 Å². The summed E-state index contributed by atoms with van der Waals surface area (Å²) in [5.74, 6) is 0.183. The van der Waals surface area contributed by atoms with Crippen LogP contribution in [0.3, 0.4) is 0 Å².